The fraction of sp³-hybridized carbons (Fsp3) is 0.690. The SMILES string of the molecule is CC(=O)NCCN[C@H](Cc1ccc(Cl)cc1)C(=O)NN1CCC(C(=O)NC(C)(C)C)(C2CCCCC2)CC1. The predicted octanol–water partition coefficient (Wildman–Crippen LogP) is 3.59. The molecule has 38 heavy (non-hydrogen) atoms. The number of rotatable bonds is 10. The van der Waals surface area contributed by atoms with E-state index in [9.17, 15) is 14.4 Å². The summed E-state index contributed by atoms with van der Waals surface area (Å²) >= 11 is 6.04. The predicted molar refractivity (Wildman–Crippen MR) is 151 cm³/mol. The molecule has 1 atom stereocenters. The molecule has 0 radical (unpaired) electrons. The van der Waals surface area contributed by atoms with Crippen molar-refractivity contribution in [1.29, 1.82) is 0 Å². The average molecular weight is 548 g/mol. The number of nitrogens with one attached hydrogen (secondary N) is 4. The van der Waals surface area contributed by atoms with Crippen LogP contribution in [0.25, 0.3) is 0 Å². The fourth-order valence-electron chi connectivity index (χ4n) is 5.79. The molecule has 1 aliphatic carbocycles. The van der Waals surface area contributed by atoms with Crippen molar-refractivity contribution in [1.82, 2.24) is 26.4 Å². The van der Waals surface area contributed by atoms with Crippen LogP contribution in [0.5, 0.6) is 0 Å². The summed E-state index contributed by atoms with van der Waals surface area (Å²) in [6, 6.07) is 7.01. The number of hydrazine groups is 1. The summed E-state index contributed by atoms with van der Waals surface area (Å²) in [5.74, 6) is 0.343. The third-order valence-corrected chi connectivity index (χ3v) is 8.06. The van der Waals surface area contributed by atoms with Crippen molar-refractivity contribution in [2.75, 3.05) is 26.2 Å². The van der Waals surface area contributed by atoms with E-state index in [1.54, 1.807) is 0 Å². The van der Waals surface area contributed by atoms with Crippen LogP contribution in [0.15, 0.2) is 24.3 Å². The maximum atomic E-state index is 13.6. The number of carbonyl (C=O) groups is 3. The third-order valence-electron chi connectivity index (χ3n) is 7.81. The Kier molecular flexibility index (Phi) is 11.0. The van der Waals surface area contributed by atoms with E-state index in [0.29, 0.717) is 43.5 Å². The average Bonchev–Trinajstić information content (AvgIpc) is 2.87. The van der Waals surface area contributed by atoms with Gasteiger partial charge in [-0.1, -0.05) is 43.0 Å². The van der Waals surface area contributed by atoms with Crippen LogP contribution in [0, 0.1) is 11.3 Å². The molecule has 8 nitrogen and oxygen atoms in total. The summed E-state index contributed by atoms with van der Waals surface area (Å²) in [6.07, 6.45) is 7.79. The van der Waals surface area contributed by atoms with Crippen LogP contribution in [0.1, 0.15) is 78.2 Å². The van der Waals surface area contributed by atoms with Crippen LogP contribution < -0.4 is 21.4 Å². The van der Waals surface area contributed by atoms with E-state index in [0.717, 1.165) is 31.2 Å². The van der Waals surface area contributed by atoms with Gasteiger partial charge in [0.25, 0.3) is 5.91 Å². The van der Waals surface area contributed by atoms with Crippen molar-refractivity contribution >= 4 is 29.3 Å². The second-order valence-corrected chi connectivity index (χ2v) is 12.4. The Morgan fingerprint density at radius 2 is 1.66 bits per heavy atom. The first kappa shape index (κ1) is 30.4. The number of halogens is 1. The molecule has 2 fully saturated rings. The smallest absolute Gasteiger partial charge is 0.251 e. The Hall–Kier alpha value is -2.16. The largest absolute Gasteiger partial charge is 0.355 e. The standard InChI is InChI=1S/C29H46ClN5O3/c1-21(36)31-16-17-32-25(20-22-10-12-24(30)13-11-22)26(37)34-35-18-14-29(15-19-35,23-8-6-5-7-9-23)27(38)33-28(2,3)4/h10-13,23,25,32H,5-9,14-20H2,1-4H3,(H,31,36)(H,33,38)(H,34,37)/t25-/m1/s1. The minimum absolute atomic E-state index is 0.101. The number of hydrogen-bond donors (Lipinski definition) is 4. The number of carbonyl (C=O) groups excluding carboxylic acids is 3. The van der Waals surface area contributed by atoms with Crippen molar-refractivity contribution in [3.8, 4) is 0 Å². The number of amides is 3. The Balaban J connectivity index is 1.65. The number of hydrogen-bond acceptors (Lipinski definition) is 5. The van der Waals surface area contributed by atoms with Crippen LogP contribution in [0.2, 0.25) is 5.02 Å². The highest BCUT2D eigenvalue weighted by atomic mass is 35.5. The lowest BCUT2D eigenvalue weighted by Crippen LogP contribution is -2.60. The maximum Gasteiger partial charge on any atom is 0.251 e. The van der Waals surface area contributed by atoms with Gasteiger partial charge in [-0.05, 0) is 76.5 Å². The number of nitrogens with zero attached hydrogens (tertiary/aromatic N) is 1. The molecule has 1 aliphatic heterocycles. The second-order valence-electron chi connectivity index (χ2n) is 12.0. The van der Waals surface area contributed by atoms with Gasteiger partial charge in [0.1, 0.15) is 0 Å². The minimum Gasteiger partial charge on any atom is -0.355 e. The Morgan fingerprint density at radius 3 is 2.24 bits per heavy atom. The minimum atomic E-state index is -0.473. The van der Waals surface area contributed by atoms with E-state index in [-0.39, 0.29) is 28.7 Å². The van der Waals surface area contributed by atoms with Gasteiger partial charge in [-0.15, -0.1) is 0 Å². The summed E-state index contributed by atoms with van der Waals surface area (Å²) in [4.78, 5) is 38.2. The quantitative estimate of drug-likeness (QED) is 0.335. The molecule has 1 aromatic carbocycles. The molecule has 3 rings (SSSR count). The zero-order chi connectivity index (χ0) is 27.8. The highest BCUT2D eigenvalue weighted by molar-refractivity contribution is 6.30. The van der Waals surface area contributed by atoms with Gasteiger partial charge < -0.3 is 16.0 Å². The van der Waals surface area contributed by atoms with E-state index in [1.807, 2.05) is 50.0 Å². The van der Waals surface area contributed by atoms with Crippen LogP contribution in [-0.4, -0.2) is 60.5 Å². The summed E-state index contributed by atoms with van der Waals surface area (Å²) in [5, 5.41) is 11.9. The molecule has 212 valence electrons. The normalized spacial score (nSPS) is 19.4. The highest BCUT2D eigenvalue weighted by Gasteiger charge is 2.48. The number of benzene rings is 1. The van der Waals surface area contributed by atoms with E-state index >= 15 is 0 Å². The lowest BCUT2D eigenvalue weighted by molar-refractivity contribution is -0.143. The van der Waals surface area contributed by atoms with Crippen molar-refractivity contribution < 1.29 is 14.4 Å². The van der Waals surface area contributed by atoms with Gasteiger partial charge in [-0.25, -0.2) is 5.01 Å². The summed E-state index contributed by atoms with van der Waals surface area (Å²) in [6.45, 7) is 9.78. The lowest BCUT2D eigenvalue weighted by Gasteiger charge is -2.47. The Morgan fingerprint density at radius 1 is 1.03 bits per heavy atom. The highest BCUT2D eigenvalue weighted by Crippen LogP contribution is 2.46. The zero-order valence-corrected chi connectivity index (χ0v) is 24.3. The van der Waals surface area contributed by atoms with Gasteiger partial charge in [0.15, 0.2) is 0 Å². The number of piperidine rings is 1. The summed E-state index contributed by atoms with van der Waals surface area (Å²) < 4.78 is 0. The molecule has 3 amide bonds. The van der Waals surface area contributed by atoms with Crippen molar-refractivity contribution in [2.24, 2.45) is 11.3 Å². The van der Waals surface area contributed by atoms with Crippen LogP contribution in [0.3, 0.4) is 0 Å². The van der Waals surface area contributed by atoms with Crippen molar-refractivity contribution in [3.63, 3.8) is 0 Å². The van der Waals surface area contributed by atoms with Gasteiger partial charge in [0.05, 0.1) is 11.5 Å². The Bertz CT molecular complexity index is 933. The molecule has 1 saturated carbocycles. The lowest BCUT2D eigenvalue weighted by atomic mass is 9.63. The topological polar surface area (TPSA) is 103 Å². The van der Waals surface area contributed by atoms with Crippen LogP contribution in [-0.2, 0) is 20.8 Å². The van der Waals surface area contributed by atoms with Gasteiger partial charge in [0, 0.05) is 43.7 Å². The third kappa shape index (κ3) is 8.95. The molecular formula is C29H46ClN5O3. The van der Waals surface area contributed by atoms with Crippen molar-refractivity contribution in [3.05, 3.63) is 34.9 Å². The molecule has 0 spiro atoms. The monoisotopic (exact) mass is 547 g/mol. The van der Waals surface area contributed by atoms with E-state index in [1.165, 1.54) is 26.2 Å². The first-order valence-corrected chi connectivity index (χ1v) is 14.5. The molecule has 4 N–H and O–H groups in total. The molecule has 0 unspecified atom stereocenters. The molecular weight excluding hydrogens is 502 g/mol. The Labute approximate surface area is 233 Å². The maximum absolute atomic E-state index is 13.6. The van der Waals surface area contributed by atoms with Crippen LogP contribution >= 0.6 is 11.6 Å². The second kappa shape index (κ2) is 13.8. The fourth-order valence-corrected chi connectivity index (χ4v) is 5.92. The van der Waals surface area contributed by atoms with Gasteiger partial charge >= 0.3 is 0 Å². The van der Waals surface area contributed by atoms with Gasteiger partial charge in [-0.2, -0.15) is 0 Å². The summed E-state index contributed by atoms with van der Waals surface area (Å²) in [7, 11) is 0. The first-order chi connectivity index (χ1) is 18.0. The molecule has 1 heterocycles. The van der Waals surface area contributed by atoms with E-state index < -0.39 is 6.04 Å². The van der Waals surface area contributed by atoms with Gasteiger partial charge in [-0.3, -0.25) is 19.8 Å². The first-order valence-electron chi connectivity index (χ1n) is 14.1. The molecule has 1 saturated heterocycles. The van der Waals surface area contributed by atoms with Crippen LogP contribution in [0.4, 0.5) is 0 Å². The van der Waals surface area contributed by atoms with E-state index in [4.69, 9.17) is 11.6 Å². The zero-order valence-electron chi connectivity index (χ0n) is 23.5. The van der Waals surface area contributed by atoms with Gasteiger partial charge in [0.2, 0.25) is 11.8 Å². The summed E-state index contributed by atoms with van der Waals surface area (Å²) in [5.41, 5.74) is 3.45. The molecule has 9 heteroatoms. The molecule has 1 aromatic rings. The van der Waals surface area contributed by atoms with Crippen molar-refractivity contribution in [2.45, 2.75) is 90.6 Å². The van der Waals surface area contributed by atoms with E-state index in [2.05, 4.69) is 21.4 Å². The molecule has 0 aromatic heterocycles. The molecule has 0 bridgehead atoms. The molecule has 2 aliphatic rings.